The van der Waals surface area contributed by atoms with Crippen molar-refractivity contribution in [3.8, 4) is 0 Å². The van der Waals surface area contributed by atoms with E-state index in [1.165, 1.54) is 35.8 Å². The van der Waals surface area contributed by atoms with Crippen molar-refractivity contribution in [2.24, 2.45) is 12.0 Å². The predicted octanol–water partition coefficient (Wildman–Crippen LogP) is 1.85. The van der Waals surface area contributed by atoms with Crippen molar-refractivity contribution in [3.05, 3.63) is 23.5 Å². The zero-order valence-electron chi connectivity index (χ0n) is 17.5. The van der Waals surface area contributed by atoms with Crippen molar-refractivity contribution in [1.82, 2.24) is 25.4 Å². The molecule has 4 heterocycles. The Kier molecular flexibility index (Phi) is 6.53. The zero-order chi connectivity index (χ0) is 20.1. The highest BCUT2D eigenvalue weighted by Gasteiger charge is 2.22. The van der Waals surface area contributed by atoms with Gasteiger partial charge in [0, 0.05) is 70.9 Å². The Balaban J connectivity index is 1.23. The van der Waals surface area contributed by atoms with E-state index in [4.69, 9.17) is 4.98 Å². The number of aromatic nitrogens is 3. The molecule has 2 aliphatic heterocycles. The quantitative estimate of drug-likeness (QED) is 0.553. The zero-order valence-corrected chi connectivity index (χ0v) is 18.3. The number of aryl methyl sites for hydroxylation is 1. The van der Waals surface area contributed by atoms with Gasteiger partial charge in [-0.1, -0.05) is 0 Å². The smallest absolute Gasteiger partial charge is 0.191 e. The Hall–Kier alpha value is -2.29. The molecule has 0 saturated carbocycles. The molecule has 1 atom stereocenters. The van der Waals surface area contributed by atoms with E-state index in [1.807, 2.05) is 25.0 Å². The van der Waals surface area contributed by atoms with Crippen LogP contribution in [0.4, 0.5) is 10.8 Å². The van der Waals surface area contributed by atoms with E-state index in [0.29, 0.717) is 6.04 Å². The SMILES string of the molecule is CN=C(NCCc1csc(N2CCCC2)n1)NC1CCCN(c2cnn(C)c2)C1. The summed E-state index contributed by atoms with van der Waals surface area (Å²) < 4.78 is 1.86. The summed E-state index contributed by atoms with van der Waals surface area (Å²) in [5, 5.41) is 14.7. The fraction of sp³-hybridized carbons (Fsp3) is 0.650. The van der Waals surface area contributed by atoms with Gasteiger partial charge in [0.15, 0.2) is 11.1 Å². The van der Waals surface area contributed by atoms with Crippen LogP contribution in [0.2, 0.25) is 0 Å². The molecule has 2 fully saturated rings. The van der Waals surface area contributed by atoms with Crippen molar-refractivity contribution in [3.63, 3.8) is 0 Å². The Morgan fingerprint density at radius 1 is 1.24 bits per heavy atom. The normalized spacial score (nSPS) is 20.3. The monoisotopic (exact) mass is 416 g/mol. The summed E-state index contributed by atoms with van der Waals surface area (Å²) in [6.45, 7) is 5.19. The van der Waals surface area contributed by atoms with E-state index < -0.39 is 0 Å². The van der Waals surface area contributed by atoms with Gasteiger partial charge in [-0.2, -0.15) is 5.10 Å². The number of thiazole rings is 1. The van der Waals surface area contributed by atoms with Crippen molar-refractivity contribution >= 4 is 28.1 Å². The van der Waals surface area contributed by atoms with Gasteiger partial charge >= 0.3 is 0 Å². The lowest BCUT2D eigenvalue weighted by Gasteiger charge is -2.34. The summed E-state index contributed by atoms with van der Waals surface area (Å²) in [5.74, 6) is 0.873. The van der Waals surface area contributed by atoms with Crippen LogP contribution in [0.3, 0.4) is 0 Å². The molecule has 9 heteroatoms. The average molecular weight is 417 g/mol. The largest absolute Gasteiger partial charge is 0.367 e. The molecule has 2 aromatic heterocycles. The van der Waals surface area contributed by atoms with Crippen molar-refractivity contribution in [1.29, 1.82) is 0 Å². The standard InChI is InChI=1S/C20H32N8S/c1-21-19(22-8-7-17-15-29-20(25-17)27-9-3-4-10-27)24-16-6-5-11-28(13-16)18-12-23-26(2)14-18/h12,14-16H,3-11,13H2,1-2H3,(H2,21,22,24). The van der Waals surface area contributed by atoms with Crippen LogP contribution in [0.1, 0.15) is 31.4 Å². The minimum Gasteiger partial charge on any atom is -0.367 e. The molecule has 2 aliphatic rings. The number of aliphatic imine (C=N–C) groups is 1. The number of nitrogens with zero attached hydrogens (tertiary/aromatic N) is 6. The van der Waals surface area contributed by atoms with Crippen LogP contribution in [0.5, 0.6) is 0 Å². The van der Waals surface area contributed by atoms with Gasteiger partial charge < -0.3 is 20.4 Å². The Morgan fingerprint density at radius 3 is 2.83 bits per heavy atom. The van der Waals surface area contributed by atoms with Crippen LogP contribution >= 0.6 is 11.3 Å². The third kappa shape index (κ3) is 5.20. The first-order valence-corrected chi connectivity index (χ1v) is 11.5. The fourth-order valence-electron chi connectivity index (χ4n) is 4.06. The molecular weight excluding hydrogens is 384 g/mol. The van der Waals surface area contributed by atoms with Gasteiger partial charge in [0.1, 0.15) is 0 Å². The Morgan fingerprint density at radius 2 is 2.07 bits per heavy atom. The lowest BCUT2D eigenvalue weighted by Crippen LogP contribution is -2.51. The van der Waals surface area contributed by atoms with Crippen LogP contribution in [-0.2, 0) is 13.5 Å². The Labute approximate surface area is 177 Å². The molecule has 0 radical (unpaired) electrons. The first kappa shape index (κ1) is 20.0. The minimum absolute atomic E-state index is 0.385. The van der Waals surface area contributed by atoms with Gasteiger partial charge in [-0.15, -0.1) is 11.3 Å². The first-order chi connectivity index (χ1) is 14.2. The average Bonchev–Trinajstić information content (AvgIpc) is 3.49. The van der Waals surface area contributed by atoms with Gasteiger partial charge in [0.25, 0.3) is 0 Å². The Bertz CT molecular complexity index is 807. The first-order valence-electron chi connectivity index (χ1n) is 10.6. The second-order valence-corrected chi connectivity index (χ2v) is 8.70. The molecule has 158 valence electrons. The molecule has 8 nitrogen and oxygen atoms in total. The highest BCUT2D eigenvalue weighted by atomic mass is 32.1. The molecule has 1 unspecified atom stereocenters. The third-order valence-corrected chi connectivity index (χ3v) is 6.58. The lowest BCUT2D eigenvalue weighted by atomic mass is 10.1. The molecule has 0 aliphatic carbocycles. The molecule has 29 heavy (non-hydrogen) atoms. The molecule has 2 saturated heterocycles. The second-order valence-electron chi connectivity index (χ2n) is 7.87. The van der Waals surface area contributed by atoms with Gasteiger partial charge in [0.05, 0.1) is 17.6 Å². The molecule has 2 aromatic rings. The second kappa shape index (κ2) is 9.47. The number of guanidine groups is 1. The van der Waals surface area contributed by atoms with Crippen molar-refractivity contribution in [2.45, 2.75) is 38.1 Å². The maximum Gasteiger partial charge on any atom is 0.191 e. The van der Waals surface area contributed by atoms with Gasteiger partial charge in [-0.05, 0) is 25.7 Å². The number of hydrogen-bond donors (Lipinski definition) is 2. The molecule has 0 spiro atoms. The number of hydrogen-bond acceptors (Lipinski definition) is 6. The van der Waals surface area contributed by atoms with Crippen LogP contribution in [-0.4, -0.2) is 66.5 Å². The molecule has 0 aromatic carbocycles. The number of rotatable bonds is 6. The van der Waals surface area contributed by atoms with Gasteiger partial charge in [-0.3, -0.25) is 9.67 Å². The molecule has 2 N–H and O–H groups in total. The number of piperidine rings is 1. The van der Waals surface area contributed by atoms with E-state index in [1.54, 1.807) is 11.3 Å². The van der Waals surface area contributed by atoms with Crippen LogP contribution < -0.4 is 20.4 Å². The maximum absolute atomic E-state index is 4.81. The van der Waals surface area contributed by atoms with Gasteiger partial charge in [0.2, 0.25) is 0 Å². The van der Waals surface area contributed by atoms with Crippen LogP contribution in [0.25, 0.3) is 0 Å². The van der Waals surface area contributed by atoms with Crippen molar-refractivity contribution in [2.75, 3.05) is 49.6 Å². The molecule has 4 rings (SSSR count). The van der Waals surface area contributed by atoms with E-state index in [2.05, 4.69) is 42.1 Å². The molecular formula is C20H32N8S. The van der Waals surface area contributed by atoms with E-state index in [-0.39, 0.29) is 0 Å². The summed E-state index contributed by atoms with van der Waals surface area (Å²) in [6.07, 6.45) is 9.84. The summed E-state index contributed by atoms with van der Waals surface area (Å²) >= 11 is 1.77. The number of anilines is 2. The van der Waals surface area contributed by atoms with Crippen LogP contribution in [0.15, 0.2) is 22.8 Å². The highest BCUT2D eigenvalue weighted by Crippen LogP contribution is 2.24. The highest BCUT2D eigenvalue weighted by molar-refractivity contribution is 7.13. The minimum atomic E-state index is 0.385. The van der Waals surface area contributed by atoms with Gasteiger partial charge in [-0.25, -0.2) is 4.98 Å². The lowest BCUT2D eigenvalue weighted by molar-refractivity contribution is 0.468. The van der Waals surface area contributed by atoms with Crippen LogP contribution in [0, 0.1) is 0 Å². The molecule has 0 bridgehead atoms. The summed E-state index contributed by atoms with van der Waals surface area (Å²) in [4.78, 5) is 14.0. The topological polar surface area (TPSA) is 73.6 Å². The van der Waals surface area contributed by atoms with E-state index >= 15 is 0 Å². The molecule has 0 amide bonds. The van der Waals surface area contributed by atoms with E-state index in [9.17, 15) is 0 Å². The predicted molar refractivity (Wildman–Crippen MR) is 120 cm³/mol. The third-order valence-electron chi connectivity index (χ3n) is 5.63. The maximum atomic E-state index is 4.81. The van der Waals surface area contributed by atoms with E-state index in [0.717, 1.165) is 51.5 Å². The summed E-state index contributed by atoms with van der Waals surface area (Å²) in [7, 11) is 3.80. The summed E-state index contributed by atoms with van der Waals surface area (Å²) in [6, 6.07) is 0.385. The fourth-order valence-corrected chi connectivity index (χ4v) is 4.98. The van der Waals surface area contributed by atoms with Crippen molar-refractivity contribution < 1.29 is 0 Å². The summed E-state index contributed by atoms with van der Waals surface area (Å²) in [5.41, 5.74) is 2.36. The number of nitrogens with one attached hydrogen (secondary N) is 2.